The zero-order valence-corrected chi connectivity index (χ0v) is 12.7. The van der Waals surface area contributed by atoms with Gasteiger partial charge in [0.25, 0.3) is 0 Å². The summed E-state index contributed by atoms with van der Waals surface area (Å²) < 4.78 is 0. The van der Waals surface area contributed by atoms with Gasteiger partial charge < -0.3 is 5.73 Å². The van der Waals surface area contributed by atoms with E-state index < -0.39 is 0 Å². The maximum atomic E-state index is 5.92. The fourth-order valence-corrected chi connectivity index (χ4v) is 4.06. The van der Waals surface area contributed by atoms with Crippen molar-refractivity contribution < 1.29 is 0 Å². The first-order chi connectivity index (χ1) is 9.26. The van der Waals surface area contributed by atoms with E-state index in [1.807, 2.05) is 11.4 Å². The standard InChI is InChI=1S/C12H12N4S3/c1-2-9-14-7(5-18-9)6-19-12-15-10(13)8-3-4-17-11(8)16-12/h3-5H,2,6H2,1H3,(H2,13,15,16). The molecule has 3 rings (SSSR count). The molecule has 2 N–H and O–H groups in total. The molecule has 98 valence electrons. The van der Waals surface area contributed by atoms with Gasteiger partial charge in [-0.05, 0) is 17.9 Å². The van der Waals surface area contributed by atoms with Crippen molar-refractivity contribution in [3.8, 4) is 0 Å². The predicted molar refractivity (Wildman–Crippen MR) is 82.9 cm³/mol. The molecule has 4 nitrogen and oxygen atoms in total. The Balaban J connectivity index is 1.77. The molecule has 19 heavy (non-hydrogen) atoms. The smallest absolute Gasteiger partial charge is 0.191 e. The van der Waals surface area contributed by atoms with E-state index in [-0.39, 0.29) is 0 Å². The highest BCUT2D eigenvalue weighted by Gasteiger charge is 2.08. The number of nitrogens with zero attached hydrogens (tertiary/aromatic N) is 3. The SMILES string of the molecule is CCc1nc(CSc2nc(N)c3ccsc3n2)cs1. The highest BCUT2D eigenvalue weighted by molar-refractivity contribution is 7.98. The lowest BCUT2D eigenvalue weighted by atomic mass is 10.4. The third-order valence-electron chi connectivity index (χ3n) is 2.58. The lowest BCUT2D eigenvalue weighted by molar-refractivity contribution is 1.01. The van der Waals surface area contributed by atoms with E-state index in [9.17, 15) is 0 Å². The molecule has 0 unspecified atom stereocenters. The molecule has 0 amide bonds. The van der Waals surface area contributed by atoms with E-state index in [0.29, 0.717) is 5.82 Å². The molecule has 0 atom stereocenters. The van der Waals surface area contributed by atoms with Gasteiger partial charge in [0, 0.05) is 11.1 Å². The van der Waals surface area contributed by atoms with Crippen LogP contribution in [-0.4, -0.2) is 15.0 Å². The van der Waals surface area contributed by atoms with Crippen LogP contribution in [0.2, 0.25) is 0 Å². The number of hydrogen-bond donors (Lipinski definition) is 1. The predicted octanol–water partition coefficient (Wildman–Crippen LogP) is 3.58. The molecule has 0 bridgehead atoms. The summed E-state index contributed by atoms with van der Waals surface area (Å²) in [6.07, 6.45) is 0.986. The van der Waals surface area contributed by atoms with E-state index in [1.54, 1.807) is 34.4 Å². The van der Waals surface area contributed by atoms with Crippen molar-refractivity contribution >= 4 is 50.5 Å². The normalized spacial score (nSPS) is 11.2. The molecular weight excluding hydrogens is 296 g/mol. The largest absolute Gasteiger partial charge is 0.383 e. The Hall–Kier alpha value is -1.18. The first-order valence-corrected chi connectivity index (χ1v) is 8.57. The minimum Gasteiger partial charge on any atom is -0.383 e. The summed E-state index contributed by atoms with van der Waals surface area (Å²) in [7, 11) is 0. The summed E-state index contributed by atoms with van der Waals surface area (Å²) >= 11 is 4.87. The lowest BCUT2D eigenvalue weighted by Crippen LogP contribution is -1.95. The van der Waals surface area contributed by atoms with Gasteiger partial charge in [0.15, 0.2) is 5.16 Å². The Bertz CT molecular complexity index is 704. The second-order valence-corrected chi connectivity index (χ2v) is 6.69. The number of rotatable bonds is 4. The quantitative estimate of drug-likeness (QED) is 0.589. The monoisotopic (exact) mass is 308 g/mol. The van der Waals surface area contributed by atoms with Crippen molar-refractivity contribution in [1.29, 1.82) is 0 Å². The summed E-state index contributed by atoms with van der Waals surface area (Å²) in [6, 6.07) is 1.96. The first kappa shape index (κ1) is 12.8. The molecule has 0 aliphatic rings. The zero-order valence-electron chi connectivity index (χ0n) is 10.3. The molecule has 0 aliphatic carbocycles. The molecule has 0 saturated carbocycles. The van der Waals surface area contributed by atoms with Crippen LogP contribution in [-0.2, 0) is 12.2 Å². The summed E-state index contributed by atoms with van der Waals surface area (Å²) in [5, 5.41) is 6.91. The molecule has 0 aliphatic heterocycles. The molecule has 0 radical (unpaired) electrons. The van der Waals surface area contributed by atoms with Crippen molar-refractivity contribution in [1.82, 2.24) is 15.0 Å². The molecule has 3 aromatic rings. The van der Waals surface area contributed by atoms with Gasteiger partial charge in [-0.15, -0.1) is 22.7 Å². The van der Waals surface area contributed by atoms with Gasteiger partial charge in [0.2, 0.25) is 0 Å². The Labute approximate surface area is 123 Å². The topological polar surface area (TPSA) is 64.7 Å². The van der Waals surface area contributed by atoms with Crippen LogP contribution in [0.5, 0.6) is 0 Å². The van der Waals surface area contributed by atoms with Gasteiger partial charge in [-0.1, -0.05) is 18.7 Å². The summed E-state index contributed by atoms with van der Waals surface area (Å²) in [4.78, 5) is 14.3. The van der Waals surface area contributed by atoms with Gasteiger partial charge in [0.05, 0.1) is 16.1 Å². The minimum absolute atomic E-state index is 0.557. The number of aromatic nitrogens is 3. The summed E-state index contributed by atoms with van der Waals surface area (Å²) in [5.74, 6) is 1.34. The van der Waals surface area contributed by atoms with Crippen molar-refractivity contribution in [2.45, 2.75) is 24.3 Å². The fourth-order valence-electron chi connectivity index (χ4n) is 1.64. The zero-order chi connectivity index (χ0) is 13.2. The molecule has 0 fully saturated rings. The molecule has 7 heteroatoms. The third-order valence-corrected chi connectivity index (χ3v) is 5.31. The molecule has 0 spiro atoms. The number of thiophene rings is 1. The van der Waals surface area contributed by atoms with Crippen molar-refractivity contribution in [3.63, 3.8) is 0 Å². The van der Waals surface area contributed by atoms with Crippen LogP contribution in [0.15, 0.2) is 22.0 Å². The molecule has 0 saturated heterocycles. The van der Waals surface area contributed by atoms with E-state index >= 15 is 0 Å². The molecular formula is C12H12N4S3. The van der Waals surface area contributed by atoms with E-state index in [1.165, 1.54) is 5.01 Å². The minimum atomic E-state index is 0.557. The van der Waals surface area contributed by atoms with Gasteiger partial charge >= 0.3 is 0 Å². The lowest BCUT2D eigenvalue weighted by Gasteiger charge is -2.00. The van der Waals surface area contributed by atoms with Crippen LogP contribution < -0.4 is 5.73 Å². The Morgan fingerprint density at radius 2 is 2.16 bits per heavy atom. The van der Waals surface area contributed by atoms with Gasteiger partial charge in [0.1, 0.15) is 10.6 Å². The third kappa shape index (κ3) is 2.72. The van der Waals surface area contributed by atoms with Crippen molar-refractivity contribution in [3.05, 3.63) is 27.5 Å². The van der Waals surface area contributed by atoms with Gasteiger partial charge in [-0.2, -0.15) is 0 Å². The number of anilines is 1. The van der Waals surface area contributed by atoms with Gasteiger partial charge in [-0.3, -0.25) is 0 Å². The number of nitrogen functional groups attached to an aromatic ring is 1. The van der Waals surface area contributed by atoms with E-state index in [4.69, 9.17) is 5.73 Å². The maximum absolute atomic E-state index is 5.92. The van der Waals surface area contributed by atoms with Crippen LogP contribution in [0, 0.1) is 0 Å². The molecule has 3 aromatic heterocycles. The second-order valence-electron chi connectivity index (χ2n) is 3.91. The van der Waals surface area contributed by atoms with E-state index in [0.717, 1.165) is 33.2 Å². The highest BCUT2D eigenvalue weighted by atomic mass is 32.2. The Kier molecular flexibility index (Phi) is 3.67. The van der Waals surface area contributed by atoms with Crippen molar-refractivity contribution in [2.24, 2.45) is 0 Å². The number of aryl methyl sites for hydroxylation is 1. The van der Waals surface area contributed by atoms with Crippen LogP contribution >= 0.6 is 34.4 Å². The maximum Gasteiger partial charge on any atom is 0.191 e. The van der Waals surface area contributed by atoms with Crippen LogP contribution in [0.4, 0.5) is 5.82 Å². The summed E-state index contributed by atoms with van der Waals surface area (Å²) in [6.45, 7) is 2.12. The highest BCUT2D eigenvalue weighted by Crippen LogP contribution is 2.28. The number of fused-ring (bicyclic) bond motifs is 1. The molecule has 0 aromatic carbocycles. The average molecular weight is 308 g/mol. The Morgan fingerprint density at radius 3 is 2.95 bits per heavy atom. The number of thiazole rings is 1. The van der Waals surface area contributed by atoms with Crippen molar-refractivity contribution in [2.75, 3.05) is 5.73 Å². The van der Waals surface area contributed by atoms with Crippen LogP contribution in [0.3, 0.4) is 0 Å². The first-order valence-electron chi connectivity index (χ1n) is 5.83. The van der Waals surface area contributed by atoms with Crippen LogP contribution in [0.1, 0.15) is 17.6 Å². The number of nitrogens with two attached hydrogens (primary N) is 1. The number of hydrogen-bond acceptors (Lipinski definition) is 7. The average Bonchev–Trinajstić information content (AvgIpc) is 3.05. The van der Waals surface area contributed by atoms with E-state index in [2.05, 4.69) is 27.3 Å². The molecule has 3 heterocycles. The fraction of sp³-hybridized carbons (Fsp3) is 0.250. The summed E-state index contributed by atoms with van der Waals surface area (Å²) in [5.41, 5.74) is 7.01. The second kappa shape index (κ2) is 5.44. The number of thioether (sulfide) groups is 1. The van der Waals surface area contributed by atoms with Gasteiger partial charge in [-0.25, -0.2) is 15.0 Å². The van der Waals surface area contributed by atoms with Crippen LogP contribution in [0.25, 0.3) is 10.2 Å². The Morgan fingerprint density at radius 1 is 1.26 bits per heavy atom.